The molecule has 17 heavy (non-hydrogen) atoms. The number of benzene rings is 1. The van der Waals surface area contributed by atoms with Gasteiger partial charge in [-0.2, -0.15) is 0 Å². The Morgan fingerprint density at radius 2 is 2.35 bits per heavy atom. The predicted molar refractivity (Wildman–Crippen MR) is 68.8 cm³/mol. The zero-order valence-electron chi connectivity index (χ0n) is 9.90. The second-order valence-corrected chi connectivity index (χ2v) is 4.83. The van der Waals surface area contributed by atoms with Crippen LogP contribution in [0, 0.1) is 0 Å². The smallest absolute Gasteiger partial charge is 0.222 e. The van der Waals surface area contributed by atoms with Crippen LogP contribution in [0.25, 0.3) is 0 Å². The highest BCUT2D eigenvalue weighted by Gasteiger charge is 2.35. The molecule has 0 radical (unpaired) electrons. The maximum absolute atomic E-state index is 11.9. The fourth-order valence-electron chi connectivity index (χ4n) is 2.42. The molecule has 2 atom stereocenters. The summed E-state index contributed by atoms with van der Waals surface area (Å²) in [6.07, 6.45) is 1.37. The fraction of sp³-hybridized carbons (Fsp3) is 0.462. The second-order valence-electron chi connectivity index (χ2n) is 4.39. The van der Waals surface area contributed by atoms with E-state index in [0.717, 1.165) is 18.5 Å². The van der Waals surface area contributed by atoms with Crippen LogP contribution in [-0.2, 0) is 4.79 Å². The molecule has 0 spiro atoms. The summed E-state index contributed by atoms with van der Waals surface area (Å²) >= 11 is 5.99. The largest absolute Gasteiger partial charge is 0.334 e. The van der Waals surface area contributed by atoms with Crippen molar-refractivity contribution in [3.05, 3.63) is 34.9 Å². The van der Waals surface area contributed by atoms with Gasteiger partial charge in [-0.25, -0.2) is 0 Å². The molecular formula is C13H17ClN2O. The molecule has 1 fully saturated rings. The van der Waals surface area contributed by atoms with E-state index in [9.17, 15) is 4.79 Å². The van der Waals surface area contributed by atoms with Crippen molar-refractivity contribution in [2.45, 2.75) is 31.8 Å². The van der Waals surface area contributed by atoms with Crippen molar-refractivity contribution in [3.63, 3.8) is 0 Å². The minimum atomic E-state index is -0.0267. The molecule has 2 rings (SSSR count). The Kier molecular flexibility index (Phi) is 3.69. The number of amides is 1. The van der Waals surface area contributed by atoms with Crippen molar-refractivity contribution in [3.8, 4) is 0 Å². The molecule has 2 N–H and O–H groups in total. The number of likely N-dealkylation sites (tertiary alicyclic amines) is 1. The quantitative estimate of drug-likeness (QED) is 0.878. The van der Waals surface area contributed by atoms with Gasteiger partial charge in [0.15, 0.2) is 0 Å². The average molecular weight is 253 g/mol. The molecule has 1 aromatic carbocycles. The molecule has 1 aliphatic rings. The third-order valence-corrected chi connectivity index (χ3v) is 3.49. The normalized spacial score (nSPS) is 24.1. The molecule has 1 heterocycles. The first-order chi connectivity index (χ1) is 8.13. The van der Waals surface area contributed by atoms with Crippen molar-refractivity contribution < 1.29 is 4.79 Å². The molecule has 92 valence electrons. The third kappa shape index (κ3) is 2.45. The number of carbonyl (C=O) groups excluding carboxylic acids is 1. The average Bonchev–Trinajstić information content (AvgIpc) is 2.70. The van der Waals surface area contributed by atoms with Crippen LogP contribution in [0.3, 0.4) is 0 Å². The molecule has 0 bridgehead atoms. The first kappa shape index (κ1) is 12.4. The number of rotatable bonds is 2. The molecule has 1 amide bonds. The topological polar surface area (TPSA) is 46.3 Å². The van der Waals surface area contributed by atoms with Gasteiger partial charge in [0.1, 0.15) is 0 Å². The van der Waals surface area contributed by atoms with E-state index >= 15 is 0 Å². The summed E-state index contributed by atoms with van der Waals surface area (Å²) in [4.78, 5) is 13.7. The van der Waals surface area contributed by atoms with Gasteiger partial charge in [-0.1, -0.05) is 30.7 Å². The predicted octanol–water partition coefficient (Wildman–Crippen LogP) is 2.35. The van der Waals surface area contributed by atoms with E-state index in [1.54, 1.807) is 0 Å². The van der Waals surface area contributed by atoms with E-state index in [2.05, 4.69) is 0 Å². The van der Waals surface area contributed by atoms with Crippen LogP contribution in [0.4, 0.5) is 0 Å². The van der Waals surface area contributed by atoms with Gasteiger partial charge >= 0.3 is 0 Å². The summed E-state index contributed by atoms with van der Waals surface area (Å²) in [5.74, 6) is 0.155. The third-order valence-electron chi connectivity index (χ3n) is 3.26. The van der Waals surface area contributed by atoms with E-state index in [-0.39, 0.29) is 18.0 Å². The van der Waals surface area contributed by atoms with Gasteiger partial charge in [0.2, 0.25) is 5.91 Å². The number of nitrogens with two attached hydrogens (primary N) is 1. The summed E-state index contributed by atoms with van der Waals surface area (Å²) in [6.45, 7) is 2.62. The molecule has 0 aliphatic carbocycles. The van der Waals surface area contributed by atoms with Crippen molar-refractivity contribution in [1.82, 2.24) is 4.90 Å². The van der Waals surface area contributed by atoms with Crippen molar-refractivity contribution in [2.24, 2.45) is 5.73 Å². The number of hydrogen-bond acceptors (Lipinski definition) is 2. The van der Waals surface area contributed by atoms with Crippen LogP contribution in [-0.4, -0.2) is 23.4 Å². The monoisotopic (exact) mass is 252 g/mol. The van der Waals surface area contributed by atoms with E-state index in [1.807, 2.05) is 36.1 Å². The summed E-state index contributed by atoms with van der Waals surface area (Å²) in [5, 5.41) is 0.686. The van der Waals surface area contributed by atoms with Crippen LogP contribution in [0.15, 0.2) is 24.3 Å². The van der Waals surface area contributed by atoms with Gasteiger partial charge in [0.25, 0.3) is 0 Å². The van der Waals surface area contributed by atoms with Crippen LogP contribution >= 0.6 is 11.6 Å². The first-order valence-electron chi connectivity index (χ1n) is 5.94. The molecule has 3 nitrogen and oxygen atoms in total. The van der Waals surface area contributed by atoms with Crippen LogP contribution in [0.1, 0.15) is 31.4 Å². The van der Waals surface area contributed by atoms with Crippen LogP contribution in [0.2, 0.25) is 5.02 Å². The van der Waals surface area contributed by atoms with Gasteiger partial charge in [-0.3, -0.25) is 4.79 Å². The second kappa shape index (κ2) is 5.07. The number of hydrogen-bond donors (Lipinski definition) is 1. The van der Waals surface area contributed by atoms with E-state index in [1.165, 1.54) is 0 Å². The lowest BCUT2D eigenvalue weighted by molar-refractivity contribution is -0.131. The summed E-state index contributed by atoms with van der Waals surface area (Å²) in [7, 11) is 0. The minimum Gasteiger partial charge on any atom is -0.334 e. The lowest BCUT2D eigenvalue weighted by Crippen LogP contribution is -2.35. The Bertz CT molecular complexity index is 422. The Labute approximate surface area is 107 Å². The van der Waals surface area contributed by atoms with E-state index < -0.39 is 0 Å². The molecule has 0 saturated carbocycles. The van der Waals surface area contributed by atoms with Gasteiger partial charge in [0, 0.05) is 24.0 Å². The van der Waals surface area contributed by atoms with Gasteiger partial charge in [-0.05, 0) is 24.1 Å². The maximum atomic E-state index is 11.9. The van der Waals surface area contributed by atoms with E-state index in [4.69, 9.17) is 17.3 Å². The molecule has 1 unspecified atom stereocenters. The minimum absolute atomic E-state index is 0.00367. The zero-order valence-corrected chi connectivity index (χ0v) is 10.7. The Hall–Kier alpha value is -1.06. The highest BCUT2D eigenvalue weighted by molar-refractivity contribution is 6.30. The summed E-state index contributed by atoms with van der Waals surface area (Å²) < 4.78 is 0. The highest BCUT2D eigenvalue weighted by atomic mass is 35.5. The van der Waals surface area contributed by atoms with Crippen molar-refractivity contribution >= 4 is 17.5 Å². The first-order valence-corrected chi connectivity index (χ1v) is 6.31. The van der Waals surface area contributed by atoms with Crippen molar-refractivity contribution in [2.75, 3.05) is 6.54 Å². The Balaban J connectivity index is 2.30. The Morgan fingerprint density at radius 3 is 3.00 bits per heavy atom. The molecule has 4 heteroatoms. The molecule has 0 aromatic heterocycles. The standard InChI is InChI=1S/C13H17ClN2O/c1-2-12(17)16-7-6-11(15)13(16)9-4-3-5-10(14)8-9/h3-5,8,11,13H,2,6-7,15H2,1H3/t11-,13?/m1/s1. The molecule has 1 aliphatic heterocycles. The molecular weight excluding hydrogens is 236 g/mol. The lowest BCUT2D eigenvalue weighted by atomic mass is 10.0. The zero-order chi connectivity index (χ0) is 12.4. The molecule has 1 aromatic rings. The lowest BCUT2D eigenvalue weighted by Gasteiger charge is -2.27. The fourth-order valence-corrected chi connectivity index (χ4v) is 2.62. The molecule has 1 saturated heterocycles. The van der Waals surface area contributed by atoms with E-state index in [0.29, 0.717) is 11.4 Å². The number of nitrogens with zero attached hydrogens (tertiary/aromatic N) is 1. The van der Waals surface area contributed by atoms with Gasteiger partial charge < -0.3 is 10.6 Å². The highest BCUT2D eigenvalue weighted by Crippen LogP contribution is 2.32. The summed E-state index contributed by atoms with van der Waals surface area (Å²) in [5.41, 5.74) is 7.14. The van der Waals surface area contributed by atoms with Crippen molar-refractivity contribution in [1.29, 1.82) is 0 Å². The van der Waals surface area contributed by atoms with Crippen LogP contribution in [0.5, 0.6) is 0 Å². The Morgan fingerprint density at radius 1 is 1.59 bits per heavy atom. The van der Waals surface area contributed by atoms with Gasteiger partial charge in [-0.15, -0.1) is 0 Å². The number of halogens is 1. The SMILES string of the molecule is CCC(=O)N1CC[C@@H](N)C1c1cccc(Cl)c1. The van der Waals surface area contributed by atoms with Gasteiger partial charge in [0.05, 0.1) is 6.04 Å². The summed E-state index contributed by atoms with van der Waals surface area (Å²) in [6, 6.07) is 7.59. The van der Waals surface area contributed by atoms with Crippen LogP contribution < -0.4 is 5.73 Å². The maximum Gasteiger partial charge on any atom is 0.222 e. The number of carbonyl (C=O) groups is 1.